The topological polar surface area (TPSA) is 29.5 Å². The predicted molar refractivity (Wildman–Crippen MR) is 71.4 cm³/mol. The fourth-order valence-corrected chi connectivity index (χ4v) is 1.64. The minimum Gasteiger partial charge on any atom is -0.494 e. The fourth-order valence-electron chi connectivity index (χ4n) is 1.64. The van der Waals surface area contributed by atoms with Gasteiger partial charge in [-0.3, -0.25) is 0 Å². The molecule has 0 saturated carbocycles. The van der Waals surface area contributed by atoms with Gasteiger partial charge in [0.15, 0.2) is 0 Å². The van der Waals surface area contributed by atoms with Gasteiger partial charge < -0.3 is 9.84 Å². The van der Waals surface area contributed by atoms with Crippen LogP contribution in [0.1, 0.15) is 31.2 Å². The van der Waals surface area contributed by atoms with Crippen molar-refractivity contribution >= 4 is 0 Å². The van der Waals surface area contributed by atoms with Crippen LogP contribution in [0.5, 0.6) is 5.75 Å². The van der Waals surface area contributed by atoms with Crippen molar-refractivity contribution in [2.24, 2.45) is 0 Å². The molecule has 0 bridgehead atoms. The molecular weight excluding hydrogens is 212 g/mol. The Kier molecular flexibility index (Phi) is 7.15. The quantitative estimate of drug-likeness (QED) is 0.524. The van der Waals surface area contributed by atoms with E-state index in [9.17, 15) is 0 Å². The van der Waals surface area contributed by atoms with E-state index in [2.05, 4.69) is 6.58 Å². The van der Waals surface area contributed by atoms with E-state index in [0.717, 1.165) is 30.8 Å². The summed E-state index contributed by atoms with van der Waals surface area (Å²) in [7, 11) is 0. The lowest BCUT2D eigenvalue weighted by Crippen LogP contribution is -1.97. The summed E-state index contributed by atoms with van der Waals surface area (Å²) >= 11 is 0. The second-order valence-corrected chi connectivity index (χ2v) is 4.10. The Balaban J connectivity index is 2.16. The van der Waals surface area contributed by atoms with Gasteiger partial charge in [-0.05, 0) is 49.8 Å². The Labute approximate surface area is 104 Å². The van der Waals surface area contributed by atoms with E-state index in [0.29, 0.717) is 6.42 Å². The van der Waals surface area contributed by atoms with Gasteiger partial charge >= 0.3 is 0 Å². The van der Waals surface area contributed by atoms with Gasteiger partial charge in [0.05, 0.1) is 6.61 Å². The molecule has 17 heavy (non-hydrogen) atoms. The largest absolute Gasteiger partial charge is 0.494 e. The predicted octanol–water partition coefficient (Wildman–Crippen LogP) is 3.35. The highest BCUT2D eigenvalue weighted by atomic mass is 16.5. The van der Waals surface area contributed by atoms with E-state index < -0.39 is 0 Å². The minimum absolute atomic E-state index is 0.198. The summed E-state index contributed by atoms with van der Waals surface area (Å²) in [5, 5.41) is 8.79. The maximum absolute atomic E-state index is 8.79. The molecule has 0 heterocycles. The van der Waals surface area contributed by atoms with Gasteiger partial charge in [-0.2, -0.15) is 0 Å². The first kappa shape index (κ1) is 13.8. The first-order chi connectivity index (χ1) is 8.36. The van der Waals surface area contributed by atoms with Crippen LogP contribution in [0.4, 0.5) is 0 Å². The molecular formula is C15H22O2. The first-order valence-electron chi connectivity index (χ1n) is 6.30. The Morgan fingerprint density at radius 1 is 1.12 bits per heavy atom. The molecule has 0 saturated heterocycles. The average Bonchev–Trinajstić information content (AvgIpc) is 2.36. The Morgan fingerprint density at radius 3 is 2.53 bits per heavy atom. The highest BCUT2D eigenvalue weighted by molar-refractivity contribution is 5.27. The van der Waals surface area contributed by atoms with E-state index >= 15 is 0 Å². The van der Waals surface area contributed by atoms with Crippen molar-refractivity contribution in [3.63, 3.8) is 0 Å². The molecule has 0 amide bonds. The molecule has 2 nitrogen and oxygen atoms in total. The molecule has 0 aromatic heterocycles. The van der Waals surface area contributed by atoms with Crippen LogP contribution in [0.15, 0.2) is 36.9 Å². The number of allylic oxidation sites excluding steroid dienone is 1. The van der Waals surface area contributed by atoms with Gasteiger partial charge in [-0.15, -0.1) is 6.58 Å². The molecule has 0 aliphatic carbocycles. The monoisotopic (exact) mass is 234 g/mol. The smallest absolute Gasteiger partial charge is 0.119 e. The zero-order valence-electron chi connectivity index (χ0n) is 10.4. The van der Waals surface area contributed by atoms with Crippen LogP contribution >= 0.6 is 0 Å². The summed E-state index contributed by atoms with van der Waals surface area (Å²) in [6.07, 6.45) is 7.24. The SMILES string of the molecule is C=CCCCCCOc1ccc(CCO)cc1. The molecule has 0 fully saturated rings. The van der Waals surface area contributed by atoms with Crippen LogP contribution in [0, 0.1) is 0 Å². The molecule has 0 atom stereocenters. The van der Waals surface area contributed by atoms with E-state index in [4.69, 9.17) is 9.84 Å². The Bertz CT molecular complexity index is 303. The molecule has 1 aromatic carbocycles. The van der Waals surface area contributed by atoms with Crippen LogP contribution in [0.25, 0.3) is 0 Å². The van der Waals surface area contributed by atoms with Crippen molar-refractivity contribution < 1.29 is 9.84 Å². The summed E-state index contributed by atoms with van der Waals surface area (Å²) < 4.78 is 5.63. The van der Waals surface area contributed by atoms with Crippen LogP contribution in [-0.4, -0.2) is 18.3 Å². The normalized spacial score (nSPS) is 10.2. The molecule has 1 N–H and O–H groups in total. The van der Waals surface area contributed by atoms with Crippen LogP contribution in [0.2, 0.25) is 0 Å². The Morgan fingerprint density at radius 2 is 1.88 bits per heavy atom. The summed E-state index contributed by atoms with van der Waals surface area (Å²) in [5.41, 5.74) is 1.14. The number of rotatable bonds is 9. The summed E-state index contributed by atoms with van der Waals surface area (Å²) in [6.45, 7) is 4.67. The molecule has 94 valence electrons. The lowest BCUT2D eigenvalue weighted by Gasteiger charge is -2.06. The number of aliphatic hydroxyl groups excluding tert-OH is 1. The van der Waals surface area contributed by atoms with Gasteiger partial charge in [0.1, 0.15) is 5.75 Å². The maximum Gasteiger partial charge on any atom is 0.119 e. The Hall–Kier alpha value is -1.28. The van der Waals surface area contributed by atoms with Crippen LogP contribution < -0.4 is 4.74 Å². The molecule has 0 spiro atoms. The third-order valence-electron chi connectivity index (χ3n) is 2.65. The number of unbranched alkanes of at least 4 members (excludes halogenated alkanes) is 3. The molecule has 0 unspecified atom stereocenters. The van der Waals surface area contributed by atoms with Gasteiger partial charge in [-0.25, -0.2) is 0 Å². The van der Waals surface area contributed by atoms with Crippen molar-refractivity contribution in [3.05, 3.63) is 42.5 Å². The van der Waals surface area contributed by atoms with E-state index in [-0.39, 0.29) is 6.61 Å². The van der Waals surface area contributed by atoms with Gasteiger partial charge in [0, 0.05) is 6.61 Å². The van der Waals surface area contributed by atoms with Crippen molar-refractivity contribution in [3.8, 4) is 5.75 Å². The lowest BCUT2D eigenvalue weighted by atomic mass is 10.1. The maximum atomic E-state index is 8.79. The second-order valence-electron chi connectivity index (χ2n) is 4.10. The van der Waals surface area contributed by atoms with Crippen molar-refractivity contribution in [1.82, 2.24) is 0 Å². The number of aliphatic hydroxyl groups is 1. The zero-order chi connectivity index (χ0) is 12.3. The molecule has 1 rings (SSSR count). The molecule has 0 aliphatic heterocycles. The zero-order valence-corrected chi connectivity index (χ0v) is 10.4. The summed E-state index contributed by atoms with van der Waals surface area (Å²) in [5.74, 6) is 0.912. The number of ether oxygens (including phenoxy) is 1. The van der Waals surface area contributed by atoms with Gasteiger partial charge in [0.2, 0.25) is 0 Å². The van der Waals surface area contributed by atoms with E-state index in [1.54, 1.807) is 0 Å². The fraction of sp³-hybridized carbons (Fsp3) is 0.467. The second kappa shape index (κ2) is 8.82. The summed E-state index contributed by atoms with van der Waals surface area (Å²) in [4.78, 5) is 0. The standard InChI is InChI=1S/C15H22O2/c1-2-3-4-5-6-13-17-15-9-7-14(8-10-15)11-12-16/h2,7-10,16H,1,3-6,11-13H2. The van der Waals surface area contributed by atoms with Crippen LogP contribution in [0.3, 0.4) is 0 Å². The van der Waals surface area contributed by atoms with E-state index in [1.807, 2.05) is 30.3 Å². The average molecular weight is 234 g/mol. The van der Waals surface area contributed by atoms with Crippen molar-refractivity contribution in [1.29, 1.82) is 0 Å². The highest BCUT2D eigenvalue weighted by Gasteiger charge is 1.95. The highest BCUT2D eigenvalue weighted by Crippen LogP contribution is 2.13. The van der Waals surface area contributed by atoms with Gasteiger partial charge in [0.25, 0.3) is 0 Å². The first-order valence-corrected chi connectivity index (χ1v) is 6.30. The van der Waals surface area contributed by atoms with Crippen molar-refractivity contribution in [2.45, 2.75) is 32.1 Å². The number of hydrogen-bond donors (Lipinski definition) is 1. The number of benzene rings is 1. The van der Waals surface area contributed by atoms with Gasteiger partial charge in [-0.1, -0.05) is 18.2 Å². The lowest BCUT2D eigenvalue weighted by molar-refractivity contribution is 0.298. The third-order valence-corrected chi connectivity index (χ3v) is 2.65. The minimum atomic E-state index is 0.198. The summed E-state index contributed by atoms with van der Waals surface area (Å²) in [6, 6.07) is 7.94. The van der Waals surface area contributed by atoms with E-state index in [1.165, 1.54) is 12.8 Å². The third kappa shape index (κ3) is 6.12. The molecule has 2 heteroatoms. The van der Waals surface area contributed by atoms with Crippen molar-refractivity contribution in [2.75, 3.05) is 13.2 Å². The van der Waals surface area contributed by atoms with Crippen LogP contribution in [-0.2, 0) is 6.42 Å². The molecule has 1 aromatic rings. The molecule has 0 aliphatic rings. The number of hydrogen-bond acceptors (Lipinski definition) is 2. The molecule has 0 radical (unpaired) electrons.